The van der Waals surface area contributed by atoms with Crippen molar-refractivity contribution in [1.82, 2.24) is 10.6 Å². The molecule has 1 fully saturated rings. The second kappa shape index (κ2) is 3.88. The van der Waals surface area contributed by atoms with Gasteiger partial charge in [0.15, 0.2) is 5.06 Å². The molecule has 6 heteroatoms. The predicted octanol–water partition coefficient (Wildman–Crippen LogP) is 1.24. The van der Waals surface area contributed by atoms with Gasteiger partial charge in [-0.1, -0.05) is 11.3 Å². The first-order chi connectivity index (χ1) is 6.70. The summed E-state index contributed by atoms with van der Waals surface area (Å²) in [5.74, 6) is 0.0264. The fraction of sp³-hybridized carbons (Fsp3) is 0.375. The monoisotopic (exact) mass is 276 g/mol. The van der Waals surface area contributed by atoms with Gasteiger partial charge in [-0.05, 0) is 22.0 Å². The first-order valence-corrected chi connectivity index (χ1v) is 5.67. The van der Waals surface area contributed by atoms with Crippen LogP contribution in [0, 0.1) is 0 Å². The molecule has 76 valence electrons. The fourth-order valence-electron chi connectivity index (χ4n) is 1.28. The highest BCUT2D eigenvalue weighted by Gasteiger charge is 2.24. The van der Waals surface area contributed by atoms with E-state index in [9.17, 15) is 4.79 Å². The molecule has 2 N–H and O–H groups in total. The van der Waals surface area contributed by atoms with Crippen molar-refractivity contribution in [2.24, 2.45) is 0 Å². The highest BCUT2D eigenvalue weighted by molar-refractivity contribution is 9.10. The molecule has 0 aromatic carbocycles. The number of rotatable bonds is 2. The maximum absolute atomic E-state index is 11.0. The lowest BCUT2D eigenvalue weighted by atomic mass is 10.4. The van der Waals surface area contributed by atoms with E-state index in [1.165, 1.54) is 11.3 Å². The normalized spacial score (nSPS) is 21.0. The standard InChI is InChI=1S/C8H9BrN2O2S/c1-13-8-4(9)2-5(14-8)7-10-3-6(12)11-7/h2,7,10H,3H2,1H3,(H,11,12). The van der Waals surface area contributed by atoms with Crippen LogP contribution in [0.25, 0.3) is 0 Å². The molecule has 2 heterocycles. The molecule has 0 spiro atoms. The van der Waals surface area contributed by atoms with Crippen molar-refractivity contribution in [2.45, 2.75) is 6.17 Å². The van der Waals surface area contributed by atoms with Gasteiger partial charge in [-0.25, -0.2) is 0 Å². The molecule has 1 unspecified atom stereocenters. The van der Waals surface area contributed by atoms with Gasteiger partial charge in [-0.15, -0.1) is 0 Å². The molecule has 2 rings (SSSR count). The van der Waals surface area contributed by atoms with Crippen molar-refractivity contribution in [3.63, 3.8) is 0 Å². The number of carbonyl (C=O) groups excluding carboxylic acids is 1. The third-order valence-corrected chi connectivity index (χ3v) is 3.93. The van der Waals surface area contributed by atoms with Gasteiger partial charge in [0, 0.05) is 4.88 Å². The molecule has 1 amide bonds. The highest BCUT2D eigenvalue weighted by atomic mass is 79.9. The summed E-state index contributed by atoms with van der Waals surface area (Å²) >= 11 is 4.90. The van der Waals surface area contributed by atoms with Gasteiger partial charge < -0.3 is 10.1 Å². The fourth-order valence-corrected chi connectivity index (χ4v) is 2.97. The van der Waals surface area contributed by atoms with E-state index in [0.717, 1.165) is 14.4 Å². The largest absolute Gasteiger partial charge is 0.486 e. The second-order valence-corrected chi connectivity index (χ2v) is 4.77. The van der Waals surface area contributed by atoms with Crippen LogP contribution in [0.2, 0.25) is 0 Å². The Morgan fingerprint density at radius 2 is 2.50 bits per heavy atom. The molecule has 0 bridgehead atoms. The quantitative estimate of drug-likeness (QED) is 0.855. The summed E-state index contributed by atoms with van der Waals surface area (Å²) in [5, 5.41) is 6.70. The minimum Gasteiger partial charge on any atom is -0.486 e. The molecule has 1 aromatic heterocycles. The number of methoxy groups -OCH3 is 1. The topological polar surface area (TPSA) is 50.4 Å². The highest BCUT2D eigenvalue weighted by Crippen LogP contribution is 2.37. The van der Waals surface area contributed by atoms with Crippen LogP contribution < -0.4 is 15.4 Å². The molecule has 1 atom stereocenters. The van der Waals surface area contributed by atoms with Crippen LogP contribution in [0.4, 0.5) is 0 Å². The van der Waals surface area contributed by atoms with Crippen molar-refractivity contribution < 1.29 is 9.53 Å². The molecule has 0 radical (unpaired) electrons. The molecule has 0 aliphatic carbocycles. The van der Waals surface area contributed by atoms with Crippen molar-refractivity contribution in [3.05, 3.63) is 15.4 Å². The Balaban J connectivity index is 2.20. The number of hydrogen-bond acceptors (Lipinski definition) is 4. The number of thiophene rings is 1. The van der Waals surface area contributed by atoms with E-state index in [0.29, 0.717) is 6.54 Å². The van der Waals surface area contributed by atoms with E-state index in [-0.39, 0.29) is 12.1 Å². The average molecular weight is 277 g/mol. The van der Waals surface area contributed by atoms with Crippen LogP contribution in [0.1, 0.15) is 11.0 Å². The Morgan fingerprint density at radius 1 is 1.71 bits per heavy atom. The van der Waals surface area contributed by atoms with Crippen LogP contribution in [0.3, 0.4) is 0 Å². The van der Waals surface area contributed by atoms with Crippen LogP contribution in [0.15, 0.2) is 10.5 Å². The summed E-state index contributed by atoms with van der Waals surface area (Å²) in [6.07, 6.45) is -0.0762. The van der Waals surface area contributed by atoms with E-state index < -0.39 is 0 Å². The third-order valence-electron chi connectivity index (χ3n) is 1.92. The summed E-state index contributed by atoms with van der Waals surface area (Å²) < 4.78 is 6.06. The molecule has 0 saturated carbocycles. The molecule has 1 aliphatic rings. The van der Waals surface area contributed by atoms with Crippen LogP contribution >= 0.6 is 27.3 Å². The molecular weight excluding hydrogens is 268 g/mol. The third kappa shape index (κ3) is 1.77. The van der Waals surface area contributed by atoms with Crippen molar-refractivity contribution >= 4 is 33.2 Å². The Bertz CT molecular complexity index is 366. The maximum Gasteiger partial charge on any atom is 0.235 e. The van der Waals surface area contributed by atoms with Gasteiger partial charge in [-0.3, -0.25) is 10.1 Å². The average Bonchev–Trinajstić information content (AvgIpc) is 2.71. The molecule has 1 aliphatic heterocycles. The van der Waals surface area contributed by atoms with Crippen molar-refractivity contribution in [3.8, 4) is 5.06 Å². The zero-order valence-corrected chi connectivity index (χ0v) is 9.87. The molecule has 1 saturated heterocycles. The summed E-state index contributed by atoms with van der Waals surface area (Å²) in [7, 11) is 1.63. The summed E-state index contributed by atoms with van der Waals surface area (Å²) in [5.41, 5.74) is 0. The molecule has 4 nitrogen and oxygen atoms in total. The Hall–Kier alpha value is -0.590. The number of hydrogen-bond donors (Lipinski definition) is 2. The molecule has 14 heavy (non-hydrogen) atoms. The Morgan fingerprint density at radius 3 is 3.00 bits per heavy atom. The Kier molecular flexibility index (Phi) is 2.76. The van der Waals surface area contributed by atoms with E-state index >= 15 is 0 Å². The van der Waals surface area contributed by atoms with Gasteiger partial charge in [0.2, 0.25) is 5.91 Å². The van der Waals surface area contributed by atoms with Gasteiger partial charge in [0.05, 0.1) is 18.1 Å². The van der Waals surface area contributed by atoms with Crippen LogP contribution in [-0.2, 0) is 4.79 Å². The number of nitrogens with one attached hydrogen (secondary N) is 2. The first-order valence-electron chi connectivity index (χ1n) is 4.06. The lowest BCUT2D eigenvalue weighted by Crippen LogP contribution is -2.21. The van der Waals surface area contributed by atoms with E-state index in [2.05, 4.69) is 26.6 Å². The number of amides is 1. The first kappa shape index (κ1) is 9.95. The lowest BCUT2D eigenvalue weighted by molar-refractivity contribution is -0.118. The van der Waals surface area contributed by atoms with Crippen LogP contribution in [-0.4, -0.2) is 19.6 Å². The smallest absolute Gasteiger partial charge is 0.235 e. The van der Waals surface area contributed by atoms with Crippen LogP contribution in [0.5, 0.6) is 5.06 Å². The SMILES string of the molecule is COc1sc(C2NCC(=O)N2)cc1Br. The Labute approximate surface area is 93.8 Å². The minimum absolute atomic E-state index is 0.0264. The van der Waals surface area contributed by atoms with E-state index in [1.807, 2.05) is 6.07 Å². The number of carbonyl (C=O) groups is 1. The van der Waals surface area contributed by atoms with E-state index in [1.54, 1.807) is 7.11 Å². The lowest BCUT2D eigenvalue weighted by Gasteiger charge is -2.06. The second-order valence-electron chi connectivity index (χ2n) is 2.87. The summed E-state index contributed by atoms with van der Waals surface area (Å²) in [4.78, 5) is 12.0. The molecule has 1 aromatic rings. The number of halogens is 1. The van der Waals surface area contributed by atoms with Gasteiger partial charge in [0.1, 0.15) is 6.17 Å². The zero-order valence-electron chi connectivity index (χ0n) is 7.46. The zero-order chi connectivity index (χ0) is 10.1. The summed E-state index contributed by atoms with van der Waals surface area (Å²) in [6, 6.07) is 1.95. The molecular formula is C8H9BrN2O2S. The van der Waals surface area contributed by atoms with Gasteiger partial charge in [-0.2, -0.15) is 0 Å². The van der Waals surface area contributed by atoms with Crippen molar-refractivity contribution in [2.75, 3.05) is 13.7 Å². The number of ether oxygens (including phenoxy) is 1. The van der Waals surface area contributed by atoms with Crippen molar-refractivity contribution in [1.29, 1.82) is 0 Å². The van der Waals surface area contributed by atoms with Gasteiger partial charge in [0.25, 0.3) is 0 Å². The maximum atomic E-state index is 11.0. The summed E-state index contributed by atoms with van der Waals surface area (Å²) in [6.45, 7) is 0.377. The predicted molar refractivity (Wildman–Crippen MR) is 57.5 cm³/mol. The van der Waals surface area contributed by atoms with Gasteiger partial charge >= 0.3 is 0 Å². The minimum atomic E-state index is -0.0762. The van der Waals surface area contributed by atoms with E-state index in [4.69, 9.17) is 4.74 Å².